The van der Waals surface area contributed by atoms with Gasteiger partial charge in [-0.1, -0.05) is 43.7 Å². The quantitative estimate of drug-likeness (QED) is 0.722. The summed E-state index contributed by atoms with van der Waals surface area (Å²) in [6, 6.07) is 15.1. The maximum absolute atomic E-state index is 12.4. The van der Waals surface area contributed by atoms with E-state index in [1.165, 1.54) is 0 Å². The van der Waals surface area contributed by atoms with Gasteiger partial charge in [0.25, 0.3) is 5.91 Å². The average Bonchev–Trinajstić information content (AvgIpc) is 2.58. The van der Waals surface area contributed by atoms with E-state index in [-0.39, 0.29) is 5.91 Å². The SMILES string of the molecule is CCCCOc1ccccc1NC(=O)C(C)Oc1ccccc1C. The highest BCUT2D eigenvalue weighted by Gasteiger charge is 2.17. The van der Waals surface area contributed by atoms with E-state index in [4.69, 9.17) is 9.47 Å². The lowest BCUT2D eigenvalue weighted by atomic mass is 10.2. The number of benzene rings is 2. The Balaban J connectivity index is 2.00. The number of unbranched alkanes of at least 4 members (excludes halogenated alkanes) is 1. The Kier molecular flexibility index (Phi) is 6.67. The minimum Gasteiger partial charge on any atom is -0.491 e. The van der Waals surface area contributed by atoms with Gasteiger partial charge in [-0.2, -0.15) is 0 Å². The lowest BCUT2D eigenvalue weighted by Gasteiger charge is -2.17. The molecule has 0 aliphatic rings. The van der Waals surface area contributed by atoms with Crippen molar-refractivity contribution in [3.05, 3.63) is 54.1 Å². The second-order valence-electron chi connectivity index (χ2n) is 5.71. The molecule has 0 fully saturated rings. The Morgan fingerprint density at radius 3 is 2.46 bits per heavy atom. The standard InChI is InChI=1S/C20H25NO3/c1-4-5-14-23-19-13-9-7-11-17(19)21-20(22)16(3)24-18-12-8-6-10-15(18)2/h6-13,16H,4-5,14H2,1-3H3,(H,21,22). The maximum Gasteiger partial charge on any atom is 0.265 e. The van der Waals surface area contributed by atoms with E-state index >= 15 is 0 Å². The number of ether oxygens (including phenoxy) is 2. The summed E-state index contributed by atoms with van der Waals surface area (Å²) < 4.78 is 11.5. The lowest BCUT2D eigenvalue weighted by molar-refractivity contribution is -0.122. The zero-order valence-corrected chi connectivity index (χ0v) is 14.5. The molecule has 1 unspecified atom stereocenters. The molecule has 0 bridgehead atoms. The Morgan fingerprint density at radius 1 is 1.08 bits per heavy atom. The number of hydrogen-bond donors (Lipinski definition) is 1. The summed E-state index contributed by atoms with van der Waals surface area (Å²) in [6.07, 6.45) is 1.44. The molecular weight excluding hydrogens is 302 g/mol. The number of nitrogens with one attached hydrogen (secondary N) is 1. The van der Waals surface area contributed by atoms with Gasteiger partial charge in [-0.3, -0.25) is 4.79 Å². The highest BCUT2D eigenvalue weighted by molar-refractivity contribution is 5.95. The summed E-state index contributed by atoms with van der Waals surface area (Å²) in [4.78, 5) is 12.4. The van der Waals surface area contributed by atoms with Crippen LogP contribution in [0, 0.1) is 6.92 Å². The van der Waals surface area contributed by atoms with Crippen molar-refractivity contribution in [2.75, 3.05) is 11.9 Å². The molecule has 0 saturated heterocycles. The zero-order chi connectivity index (χ0) is 17.4. The molecule has 2 aromatic carbocycles. The van der Waals surface area contributed by atoms with Crippen LogP contribution in [0.15, 0.2) is 48.5 Å². The molecule has 1 N–H and O–H groups in total. The van der Waals surface area contributed by atoms with Crippen LogP contribution in [-0.4, -0.2) is 18.6 Å². The first-order valence-electron chi connectivity index (χ1n) is 8.36. The Morgan fingerprint density at radius 2 is 1.75 bits per heavy atom. The molecule has 2 rings (SSSR count). The van der Waals surface area contributed by atoms with Crippen LogP contribution in [0.5, 0.6) is 11.5 Å². The van der Waals surface area contributed by atoms with Crippen LogP contribution in [0.4, 0.5) is 5.69 Å². The number of aryl methyl sites for hydroxylation is 1. The molecule has 1 atom stereocenters. The van der Waals surface area contributed by atoms with E-state index in [2.05, 4.69) is 12.2 Å². The van der Waals surface area contributed by atoms with Crippen LogP contribution in [0.3, 0.4) is 0 Å². The molecular formula is C20H25NO3. The van der Waals surface area contributed by atoms with Crippen molar-refractivity contribution in [3.8, 4) is 11.5 Å². The second kappa shape index (κ2) is 8.96. The number of hydrogen-bond acceptors (Lipinski definition) is 3. The lowest BCUT2D eigenvalue weighted by Crippen LogP contribution is -2.30. The van der Waals surface area contributed by atoms with Crippen LogP contribution in [0.2, 0.25) is 0 Å². The molecule has 0 radical (unpaired) electrons. The molecule has 4 heteroatoms. The smallest absolute Gasteiger partial charge is 0.265 e. The van der Waals surface area contributed by atoms with Gasteiger partial charge in [0, 0.05) is 0 Å². The largest absolute Gasteiger partial charge is 0.491 e. The van der Waals surface area contributed by atoms with Crippen LogP contribution >= 0.6 is 0 Å². The highest BCUT2D eigenvalue weighted by Crippen LogP contribution is 2.25. The van der Waals surface area contributed by atoms with Crippen molar-refractivity contribution in [1.82, 2.24) is 0 Å². The summed E-state index contributed by atoms with van der Waals surface area (Å²) in [6.45, 7) is 6.44. The predicted molar refractivity (Wildman–Crippen MR) is 96.7 cm³/mol. The van der Waals surface area contributed by atoms with E-state index in [0.29, 0.717) is 23.8 Å². The van der Waals surface area contributed by atoms with Gasteiger partial charge in [0.05, 0.1) is 12.3 Å². The van der Waals surface area contributed by atoms with Gasteiger partial charge in [0.1, 0.15) is 11.5 Å². The summed E-state index contributed by atoms with van der Waals surface area (Å²) in [5.74, 6) is 1.19. The first kappa shape index (κ1) is 17.9. The van der Waals surface area contributed by atoms with Crippen molar-refractivity contribution < 1.29 is 14.3 Å². The average molecular weight is 327 g/mol. The fourth-order valence-electron chi connectivity index (χ4n) is 2.19. The third-order valence-electron chi connectivity index (χ3n) is 3.67. The molecule has 4 nitrogen and oxygen atoms in total. The molecule has 2 aromatic rings. The fraction of sp³-hybridized carbons (Fsp3) is 0.350. The fourth-order valence-corrected chi connectivity index (χ4v) is 2.19. The van der Waals surface area contributed by atoms with E-state index in [0.717, 1.165) is 18.4 Å². The third kappa shape index (κ3) is 5.01. The normalized spacial score (nSPS) is 11.6. The molecule has 0 spiro atoms. The van der Waals surface area contributed by atoms with E-state index in [1.54, 1.807) is 6.92 Å². The van der Waals surface area contributed by atoms with Gasteiger partial charge < -0.3 is 14.8 Å². The minimum absolute atomic E-state index is 0.204. The Hall–Kier alpha value is -2.49. The van der Waals surface area contributed by atoms with Gasteiger partial charge in [-0.25, -0.2) is 0 Å². The maximum atomic E-state index is 12.4. The van der Waals surface area contributed by atoms with Crippen molar-refractivity contribution in [2.45, 2.75) is 39.7 Å². The van der Waals surface area contributed by atoms with Crippen LogP contribution in [-0.2, 0) is 4.79 Å². The van der Waals surface area contributed by atoms with E-state index in [9.17, 15) is 4.79 Å². The predicted octanol–water partition coefficient (Wildman–Crippen LogP) is 4.58. The van der Waals surface area contributed by atoms with Crippen molar-refractivity contribution in [3.63, 3.8) is 0 Å². The monoisotopic (exact) mass is 327 g/mol. The minimum atomic E-state index is -0.602. The van der Waals surface area contributed by atoms with Gasteiger partial charge in [0.2, 0.25) is 0 Å². The molecule has 0 aliphatic heterocycles. The Labute approximate surface area is 143 Å². The topological polar surface area (TPSA) is 47.6 Å². The number of carbonyl (C=O) groups excluding carboxylic acids is 1. The summed E-state index contributed by atoms with van der Waals surface area (Å²) in [5, 5.41) is 2.89. The number of rotatable bonds is 8. The zero-order valence-electron chi connectivity index (χ0n) is 14.5. The van der Waals surface area contributed by atoms with Gasteiger partial charge in [0.15, 0.2) is 6.10 Å². The number of amides is 1. The number of carbonyl (C=O) groups is 1. The molecule has 0 aliphatic carbocycles. The molecule has 1 amide bonds. The molecule has 0 saturated carbocycles. The third-order valence-corrected chi connectivity index (χ3v) is 3.67. The van der Waals surface area contributed by atoms with Crippen LogP contribution in [0.1, 0.15) is 32.3 Å². The molecule has 0 heterocycles. The van der Waals surface area contributed by atoms with Gasteiger partial charge in [-0.15, -0.1) is 0 Å². The second-order valence-corrected chi connectivity index (χ2v) is 5.71. The summed E-state index contributed by atoms with van der Waals surface area (Å²) >= 11 is 0. The molecule has 24 heavy (non-hydrogen) atoms. The summed E-state index contributed by atoms with van der Waals surface area (Å²) in [5.41, 5.74) is 1.67. The van der Waals surface area contributed by atoms with Crippen molar-refractivity contribution in [1.29, 1.82) is 0 Å². The first-order valence-corrected chi connectivity index (χ1v) is 8.36. The van der Waals surface area contributed by atoms with Gasteiger partial charge in [-0.05, 0) is 44.0 Å². The van der Waals surface area contributed by atoms with Crippen LogP contribution < -0.4 is 14.8 Å². The highest BCUT2D eigenvalue weighted by atomic mass is 16.5. The Bertz CT molecular complexity index is 669. The van der Waals surface area contributed by atoms with E-state index in [1.807, 2.05) is 55.5 Å². The van der Waals surface area contributed by atoms with Crippen LogP contribution in [0.25, 0.3) is 0 Å². The first-order chi connectivity index (χ1) is 11.6. The molecule has 128 valence electrons. The van der Waals surface area contributed by atoms with Crippen molar-refractivity contribution >= 4 is 11.6 Å². The summed E-state index contributed by atoms with van der Waals surface area (Å²) in [7, 11) is 0. The number of anilines is 1. The van der Waals surface area contributed by atoms with E-state index < -0.39 is 6.10 Å². The number of para-hydroxylation sites is 3. The van der Waals surface area contributed by atoms with Gasteiger partial charge >= 0.3 is 0 Å². The van der Waals surface area contributed by atoms with Crippen molar-refractivity contribution in [2.24, 2.45) is 0 Å². The molecule has 0 aromatic heterocycles.